The first-order valence-electron chi connectivity index (χ1n) is 13.9. The number of pyridine rings is 1. The summed E-state index contributed by atoms with van der Waals surface area (Å²) in [6.07, 6.45) is 6.06. The van der Waals surface area contributed by atoms with Crippen LogP contribution in [0.4, 0.5) is 5.69 Å². The summed E-state index contributed by atoms with van der Waals surface area (Å²) < 4.78 is 14.0. The lowest BCUT2D eigenvalue weighted by Gasteiger charge is -2.32. The van der Waals surface area contributed by atoms with Crippen molar-refractivity contribution in [2.45, 2.75) is 71.2 Å². The van der Waals surface area contributed by atoms with Crippen LogP contribution in [-0.2, 0) is 29.0 Å². The smallest absolute Gasteiger partial charge is 0.335 e. The third-order valence-corrected chi connectivity index (χ3v) is 7.73. The topological polar surface area (TPSA) is 119 Å². The van der Waals surface area contributed by atoms with Gasteiger partial charge in [-0.1, -0.05) is 13.0 Å². The highest BCUT2D eigenvalue weighted by Crippen LogP contribution is 2.32. The SMILES string of the molecule is CCc1nc2c(cnn2CC)c(NC2CCOCC2)c1COC1CCN(C(=O)c2cccc(C(=O)O)c2)CC1. The second-order valence-electron chi connectivity index (χ2n) is 10.2. The van der Waals surface area contributed by atoms with Crippen LogP contribution in [0.25, 0.3) is 11.0 Å². The number of hydrogen-bond donors (Lipinski definition) is 2. The number of carbonyl (C=O) groups excluding carboxylic acids is 1. The minimum atomic E-state index is -1.04. The Morgan fingerprint density at radius 2 is 1.87 bits per heavy atom. The minimum absolute atomic E-state index is 0.0223. The van der Waals surface area contributed by atoms with Crippen molar-refractivity contribution >= 4 is 28.6 Å². The molecular weight excluding hydrogens is 498 g/mol. The van der Waals surface area contributed by atoms with Gasteiger partial charge in [0, 0.05) is 50.0 Å². The van der Waals surface area contributed by atoms with Gasteiger partial charge < -0.3 is 24.8 Å². The van der Waals surface area contributed by atoms with Crippen LogP contribution in [-0.4, -0.2) is 75.1 Å². The highest BCUT2D eigenvalue weighted by atomic mass is 16.5. The van der Waals surface area contributed by atoms with Crippen molar-refractivity contribution in [3.63, 3.8) is 0 Å². The molecule has 2 saturated heterocycles. The van der Waals surface area contributed by atoms with E-state index in [9.17, 15) is 14.7 Å². The lowest BCUT2D eigenvalue weighted by molar-refractivity contribution is -0.000495. The standard InChI is InChI=1S/C29H37N5O5/c1-3-25-24(26(31-21-10-14-38-15-11-21)23-17-30-34(4-2)27(23)32-25)18-39-22-8-12-33(13-9-22)28(35)19-6-5-7-20(16-19)29(36)37/h5-7,16-17,21-22H,3-4,8-15,18H2,1-2H3,(H,31,32)(H,36,37). The van der Waals surface area contributed by atoms with Gasteiger partial charge in [0.05, 0.1) is 41.2 Å². The van der Waals surface area contributed by atoms with E-state index in [1.165, 1.54) is 12.1 Å². The number of aryl methyl sites for hydroxylation is 2. The van der Waals surface area contributed by atoms with Crippen LogP contribution in [0.15, 0.2) is 30.5 Å². The summed E-state index contributed by atoms with van der Waals surface area (Å²) >= 11 is 0. The molecule has 208 valence electrons. The average Bonchev–Trinajstić information content (AvgIpc) is 3.39. The molecule has 2 N–H and O–H groups in total. The molecule has 2 aromatic heterocycles. The van der Waals surface area contributed by atoms with Crippen LogP contribution in [0.5, 0.6) is 0 Å². The van der Waals surface area contributed by atoms with Gasteiger partial charge in [-0.25, -0.2) is 14.5 Å². The van der Waals surface area contributed by atoms with Crippen LogP contribution in [0.2, 0.25) is 0 Å². The zero-order valence-electron chi connectivity index (χ0n) is 22.7. The zero-order valence-corrected chi connectivity index (χ0v) is 22.7. The number of piperidine rings is 1. The van der Waals surface area contributed by atoms with Crippen molar-refractivity contribution in [1.29, 1.82) is 0 Å². The van der Waals surface area contributed by atoms with Crippen LogP contribution < -0.4 is 5.32 Å². The minimum Gasteiger partial charge on any atom is -0.478 e. The summed E-state index contributed by atoms with van der Waals surface area (Å²) in [5.41, 5.74) is 4.57. The van der Waals surface area contributed by atoms with E-state index in [1.54, 1.807) is 17.0 Å². The van der Waals surface area contributed by atoms with Gasteiger partial charge in [0.2, 0.25) is 0 Å². The fourth-order valence-corrected chi connectivity index (χ4v) is 5.46. The zero-order chi connectivity index (χ0) is 27.4. The van der Waals surface area contributed by atoms with Crippen LogP contribution in [0, 0.1) is 0 Å². The Labute approximate surface area is 228 Å². The van der Waals surface area contributed by atoms with Gasteiger partial charge in [-0.3, -0.25) is 4.79 Å². The largest absolute Gasteiger partial charge is 0.478 e. The highest BCUT2D eigenvalue weighted by molar-refractivity contribution is 5.97. The molecule has 39 heavy (non-hydrogen) atoms. The molecule has 2 aliphatic rings. The van der Waals surface area contributed by atoms with E-state index in [1.807, 2.05) is 10.9 Å². The second-order valence-corrected chi connectivity index (χ2v) is 10.2. The summed E-state index contributed by atoms with van der Waals surface area (Å²) in [4.78, 5) is 31.1. The Kier molecular flexibility index (Phi) is 8.42. The van der Waals surface area contributed by atoms with Crippen molar-refractivity contribution in [3.05, 3.63) is 52.8 Å². The molecule has 4 heterocycles. The highest BCUT2D eigenvalue weighted by Gasteiger charge is 2.26. The molecule has 0 radical (unpaired) electrons. The Morgan fingerprint density at radius 1 is 1.13 bits per heavy atom. The van der Waals surface area contributed by atoms with Gasteiger partial charge in [-0.2, -0.15) is 5.10 Å². The van der Waals surface area contributed by atoms with Crippen LogP contribution in [0.1, 0.15) is 71.5 Å². The van der Waals surface area contributed by atoms with Crippen LogP contribution in [0.3, 0.4) is 0 Å². The Morgan fingerprint density at radius 3 is 2.56 bits per heavy atom. The van der Waals surface area contributed by atoms with Gasteiger partial charge in [-0.05, 0) is 57.2 Å². The van der Waals surface area contributed by atoms with Crippen molar-refractivity contribution in [2.24, 2.45) is 0 Å². The normalized spacial score (nSPS) is 17.0. The molecule has 0 atom stereocenters. The maximum atomic E-state index is 13.0. The number of aromatic carboxylic acids is 1. The molecular formula is C29H37N5O5. The quantitative estimate of drug-likeness (QED) is 0.420. The maximum Gasteiger partial charge on any atom is 0.335 e. The molecule has 10 nitrogen and oxygen atoms in total. The summed E-state index contributed by atoms with van der Waals surface area (Å²) in [6.45, 7) is 8.02. The Hall–Kier alpha value is -3.50. The second kappa shape index (κ2) is 12.1. The number of fused-ring (bicyclic) bond motifs is 1. The molecule has 2 aliphatic heterocycles. The predicted octanol–water partition coefficient (Wildman–Crippen LogP) is 4.12. The Bertz CT molecular complexity index is 1330. The number of nitrogens with one attached hydrogen (secondary N) is 1. The van der Waals surface area contributed by atoms with Gasteiger partial charge in [0.15, 0.2) is 5.65 Å². The summed E-state index contributed by atoms with van der Waals surface area (Å²) in [7, 11) is 0. The van der Waals surface area contributed by atoms with Crippen LogP contribution >= 0.6 is 0 Å². The van der Waals surface area contributed by atoms with Crippen molar-refractivity contribution in [1.82, 2.24) is 19.7 Å². The van der Waals surface area contributed by atoms with Gasteiger partial charge in [-0.15, -0.1) is 0 Å². The van der Waals surface area contributed by atoms with Gasteiger partial charge in [0.1, 0.15) is 0 Å². The average molecular weight is 536 g/mol. The molecule has 0 saturated carbocycles. The number of aromatic nitrogens is 3. The number of carboxylic acids is 1. The first-order chi connectivity index (χ1) is 19.0. The number of amides is 1. The number of hydrogen-bond acceptors (Lipinski definition) is 7. The first kappa shape index (κ1) is 27.1. The monoisotopic (exact) mass is 535 g/mol. The molecule has 1 aromatic carbocycles. The van der Waals surface area contributed by atoms with Gasteiger partial charge >= 0.3 is 5.97 Å². The molecule has 0 unspecified atom stereocenters. The molecule has 10 heteroatoms. The van der Waals surface area contributed by atoms with E-state index in [-0.39, 0.29) is 17.6 Å². The number of carboxylic acid groups (broad SMARTS) is 1. The number of nitrogens with zero attached hydrogens (tertiary/aromatic N) is 4. The number of anilines is 1. The number of likely N-dealkylation sites (tertiary alicyclic amines) is 1. The third kappa shape index (κ3) is 5.91. The fourth-order valence-electron chi connectivity index (χ4n) is 5.46. The van der Waals surface area contributed by atoms with E-state index in [2.05, 4.69) is 24.3 Å². The molecule has 3 aromatic rings. The molecule has 5 rings (SSSR count). The summed E-state index contributed by atoms with van der Waals surface area (Å²) in [5, 5.41) is 18.6. The molecule has 0 spiro atoms. The van der Waals surface area contributed by atoms with E-state index >= 15 is 0 Å². The molecule has 0 aliphatic carbocycles. The summed E-state index contributed by atoms with van der Waals surface area (Å²) in [5.74, 6) is -1.18. The third-order valence-electron chi connectivity index (χ3n) is 7.73. The van der Waals surface area contributed by atoms with E-state index in [0.29, 0.717) is 31.3 Å². The lowest BCUT2D eigenvalue weighted by atomic mass is 10.0. The van der Waals surface area contributed by atoms with E-state index < -0.39 is 5.97 Å². The number of ether oxygens (including phenoxy) is 2. The number of benzene rings is 1. The molecule has 0 bridgehead atoms. The number of carbonyl (C=O) groups is 2. The van der Waals surface area contributed by atoms with Crippen molar-refractivity contribution < 1.29 is 24.2 Å². The summed E-state index contributed by atoms with van der Waals surface area (Å²) in [6, 6.07) is 6.54. The maximum absolute atomic E-state index is 13.0. The van der Waals surface area contributed by atoms with Crippen molar-refractivity contribution in [3.8, 4) is 0 Å². The molecule has 2 fully saturated rings. The predicted molar refractivity (Wildman–Crippen MR) is 147 cm³/mol. The number of rotatable bonds is 9. The van der Waals surface area contributed by atoms with Gasteiger partial charge in [0.25, 0.3) is 5.91 Å². The fraction of sp³-hybridized carbons (Fsp3) is 0.517. The van der Waals surface area contributed by atoms with Crippen molar-refractivity contribution in [2.75, 3.05) is 31.6 Å². The lowest BCUT2D eigenvalue weighted by Crippen LogP contribution is -2.41. The van der Waals surface area contributed by atoms with E-state index in [4.69, 9.17) is 14.5 Å². The molecule has 1 amide bonds. The first-order valence-corrected chi connectivity index (χ1v) is 13.9. The van der Waals surface area contributed by atoms with E-state index in [0.717, 1.165) is 79.8 Å². The Balaban J connectivity index is 1.29.